The molecule has 1 fully saturated rings. The molecule has 0 radical (unpaired) electrons. The fraction of sp³-hybridized carbons (Fsp3) is 0.462. The van der Waals surface area contributed by atoms with Gasteiger partial charge in [-0.3, -0.25) is 4.79 Å². The highest BCUT2D eigenvalue weighted by atomic mass is 35.5. The third-order valence-corrected chi connectivity index (χ3v) is 3.52. The molecule has 1 aromatic rings. The van der Waals surface area contributed by atoms with Crippen molar-refractivity contribution in [1.29, 1.82) is 0 Å². The Morgan fingerprint density at radius 3 is 2.88 bits per heavy atom. The van der Waals surface area contributed by atoms with Gasteiger partial charge in [0.25, 0.3) is 0 Å². The Balaban J connectivity index is 1.77. The molecule has 4 heteroatoms. The topological polar surface area (TPSA) is 41.1 Å². The van der Waals surface area contributed by atoms with Gasteiger partial charge in [0.1, 0.15) is 0 Å². The van der Waals surface area contributed by atoms with Crippen molar-refractivity contribution in [2.24, 2.45) is 0 Å². The van der Waals surface area contributed by atoms with E-state index in [4.69, 9.17) is 11.6 Å². The van der Waals surface area contributed by atoms with Crippen LogP contribution in [0.15, 0.2) is 24.3 Å². The molecule has 1 aromatic carbocycles. The summed E-state index contributed by atoms with van der Waals surface area (Å²) in [6, 6.07) is 8.48. The van der Waals surface area contributed by atoms with Crippen molar-refractivity contribution in [2.75, 3.05) is 13.6 Å². The predicted octanol–water partition coefficient (Wildman–Crippen LogP) is 1.92. The minimum atomic E-state index is 0.0382. The molecular weight excluding hydrogens is 236 g/mol. The molecule has 0 bridgehead atoms. The van der Waals surface area contributed by atoms with Crippen LogP contribution in [0.25, 0.3) is 0 Å². The van der Waals surface area contributed by atoms with Gasteiger partial charge in [-0.15, -0.1) is 0 Å². The fourth-order valence-corrected chi connectivity index (χ4v) is 2.34. The molecule has 0 atom stereocenters. The van der Waals surface area contributed by atoms with E-state index < -0.39 is 0 Å². The number of carbonyl (C=O) groups is 1. The Hall–Kier alpha value is -1.06. The molecule has 0 unspecified atom stereocenters. The van der Waals surface area contributed by atoms with Crippen molar-refractivity contribution in [3.8, 4) is 0 Å². The highest BCUT2D eigenvalue weighted by Crippen LogP contribution is 2.37. The van der Waals surface area contributed by atoms with Gasteiger partial charge < -0.3 is 10.6 Å². The zero-order valence-electron chi connectivity index (χ0n) is 9.87. The maximum Gasteiger partial charge on any atom is 0.233 e. The van der Waals surface area contributed by atoms with Crippen molar-refractivity contribution in [3.63, 3.8) is 0 Å². The molecule has 0 aliphatic heterocycles. The van der Waals surface area contributed by atoms with Crippen molar-refractivity contribution >= 4 is 17.5 Å². The van der Waals surface area contributed by atoms with Gasteiger partial charge in [0.05, 0.1) is 6.54 Å². The molecule has 3 nitrogen and oxygen atoms in total. The minimum Gasteiger partial charge on any atom is -0.358 e. The summed E-state index contributed by atoms with van der Waals surface area (Å²) in [4.78, 5) is 11.1. The molecule has 17 heavy (non-hydrogen) atoms. The summed E-state index contributed by atoms with van der Waals surface area (Å²) in [5.41, 5.74) is 1.30. The van der Waals surface area contributed by atoms with Crippen LogP contribution in [0.3, 0.4) is 0 Å². The van der Waals surface area contributed by atoms with Crippen LogP contribution in [0.2, 0.25) is 5.02 Å². The zero-order chi connectivity index (χ0) is 12.3. The van der Waals surface area contributed by atoms with Crippen molar-refractivity contribution in [2.45, 2.75) is 24.8 Å². The van der Waals surface area contributed by atoms with Gasteiger partial charge in [0.2, 0.25) is 5.91 Å². The van der Waals surface area contributed by atoms with Crippen LogP contribution in [0, 0.1) is 0 Å². The number of amides is 1. The lowest BCUT2D eigenvalue weighted by atomic mass is 9.76. The van der Waals surface area contributed by atoms with E-state index in [1.165, 1.54) is 5.56 Å². The number of benzene rings is 1. The Labute approximate surface area is 107 Å². The highest BCUT2D eigenvalue weighted by molar-refractivity contribution is 6.30. The minimum absolute atomic E-state index is 0.0382. The number of rotatable bonds is 4. The molecule has 2 N–H and O–H groups in total. The number of halogens is 1. The first-order valence-corrected chi connectivity index (χ1v) is 6.26. The van der Waals surface area contributed by atoms with Crippen LogP contribution in [-0.2, 0) is 4.79 Å². The first-order valence-electron chi connectivity index (χ1n) is 5.88. The van der Waals surface area contributed by atoms with E-state index in [2.05, 4.69) is 16.7 Å². The third-order valence-electron chi connectivity index (χ3n) is 3.29. The lowest BCUT2D eigenvalue weighted by Crippen LogP contribution is -2.44. The molecule has 1 aliphatic rings. The normalized spacial score (nSPS) is 22.9. The maximum absolute atomic E-state index is 11.1. The van der Waals surface area contributed by atoms with Crippen LogP contribution in [-0.4, -0.2) is 25.5 Å². The number of likely N-dealkylation sites (N-methyl/N-ethyl adjacent to an activating group) is 1. The van der Waals surface area contributed by atoms with E-state index in [9.17, 15) is 4.79 Å². The predicted molar refractivity (Wildman–Crippen MR) is 69.3 cm³/mol. The van der Waals surface area contributed by atoms with Gasteiger partial charge in [-0.2, -0.15) is 0 Å². The van der Waals surface area contributed by atoms with Gasteiger partial charge in [-0.05, 0) is 36.5 Å². The van der Waals surface area contributed by atoms with Crippen LogP contribution in [0.1, 0.15) is 24.3 Å². The highest BCUT2D eigenvalue weighted by Gasteiger charge is 2.30. The largest absolute Gasteiger partial charge is 0.358 e. The Morgan fingerprint density at radius 2 is 2.24 bits per heavy atom. The maximum atomic E-state index is 11.1. The second-order valence-corrected chi connectivity index (χ2v) is 4.91. The van der Waals surface area contributed by atoms with Crippen LogP contribution in [0.5, 0.6) is 0 Å². The number of carbonyl (C=O) groups excluding carboxylic acids is 1. The van der Waals surface area contributed by atoms with E-state index in [1.54, 1.807) is 7.05 Å². The van der Waals surface area contributed by atoms with Crippen LogP contribution >= 0.6 is 11.6 Å². The second kappa shape index (κ2) is 5.52. The lowest BCUT2D eigenvalue weighted by Gasteiger charge is -2.36. The monoisotopic (exact) mass is 252 g/mol. The standard InChI is InChI=1S/C13H17ClN2O/c1-15-13(17)8-16-12-6-10(7-12)9-3-2-4-11(14)5-9/h2-5,10,12,16H,6-8H2,1H3,(H,15,17). The van der Waals surface area contributed by atoms with Crippen molar-refractivity contribution in [3.05, 3.63) is 34.9 Å². The number of hydrogen-bond donors (Lipinski definition) is 2. The first-order chi connectivity index (χ1) is 8.19. The summed E-state index contributed by atoms with van der Waals surface area (Å²) in [7, 11) is 1.65. The van der Waals surface area contributed by atoms with Gasteiger partial charge in [0.15, 0.2) is 0 Å². The number of hydrogen-bond acceptors (Lipinski definition) is 2. The quantitative estimate of drug-likeness (QED) is 0.860. The average molecular weight is 253 g/mol. The van der Waals surface area contributed by atoms with E-state index in [0.29, 0.717) is 18.5 Å². The third kappa shape index (κ3) is 3.20. The summed E-state index contributed by atoms with van der Waals surface area (Å²) < 4.78 is 0. The Morgan fingerprint density at radius 1 is 1.47 bits per heavy atom. The summed E-state index contributed by atoms with van der Waals surface area (Å²) in [6.07, 6.45) is 2.16. The van der Waals surface area contributed by atoms with Crippen LogP contribution in [0.4, 0.5) is 0 Å². The van der Waals surface area contributed by atoms with E-state index in [1.807, 2.05) is 18.2 Å². The fourth-order valence-electron chi connectivity index (χ4n) is 2.14. The first kappa shape index (κ1) is 12.4. The SMILES string of the molecule is CNC(=O)CNC1CC(c2cccc(Cl)c2)C1. The van der Waals surface area contributed by atoms with Gasteiger partial charge >= 0.3 is 0 Å². The molecule has 0 heterocycles. The molecule has 2 rings (SSSR count). The van der Waals surface area contributed by atoms with E-state index >= 15 is 0 Å². The molecule has 0 aromatic heterocycles. The molecule has 92 valence electrons. The molecule has 1 amide bonds. The van der Waals surface area contributed by atoms with Crippen molar-refractivity contribution in [1.82, 2.24) is 10.6 Å². The summed E-state index contributed by atoms with van der Waals surface area (Å²) in [5.74, 6) is 0.618. The molecule has 1 aliphatic carbocycles. The summed E-state index contributed by atoms with van der Waals surface area (Å²) in [6.45, 7) is 0.406. The second-order valence-electron chi connectivity index (χ2n) is 4.47. The van der Waals surface area contributed by atoms with Gasteiger partial charge in [-0.25, -0.2) is 0 Å². The Bertz CT molecular complexity index is 402. The molecule has 0 saturated heterocycles. The van der Waals surface area contributed by atoms with Gasteiger partial charge in [0, 0.05) is 18.1 Å². The lowest BCUT2D eigenvalue weighted by molar-refractivity contribution is -0.120. The van der Waals surface area contributed by atoms with Crippen molar-refractivity contribution < 1.29 is 4.79 Å². The molecule has 0 spiro atoms. The Kier molecular flexibility index (Phi) is 4.02. The van der Waals surface area contributed by atoms with Crippen LogP contribution < -0.4 is 10.6 Å². The molecular formula is C13H17ClN2O. The average Bonchev–Trinajstić information content (AvgIpc) is 2.26. The summed E-state index contributed by atoms with van der Waals surface area (Å²) in [5, 5.41) is 6.63. The molecule has 1 saturated carbocycles. The summed E-state index contributed by atoms with van der Waals surface area (Å²) >= 11 is 5.96. The van der Waals surface area contributed by atoms with Gasteiger partial charge in [-0.1, -0.05) is 23.7 Å². The number of nitrogens with one attached hydrogen (secondary N) is 2. The smallest absolute Gasteiger partial charge is 0.233 e. The van der Waals surface area contributed by atoms with E-state index in [-0.39, 0.29) is 5.91 Å². The van der Waals surface area contributed by atoms with E-state index in [0.717, 1.165) is 17.9 Å². The zero-order valence-corrected chi connectivity index (χ0v) is 10.6.